The lowest BCUT2D eigenvalue weighted by Gasteiger charge is -2.23. The van der Waals surface area contributed by atoms with Gasteiger partial charge in [0.15, 0.2) is 5.78 Å². The molecule has 94 valence electrons. The van der Waals surface area contributed by atoms with E-state index < -0.39 is 5.60 Å². The molecule has 1 rings (SSSR count). The molecule has 0 heterocycles. The summed E-state index contributed by atoms with van der Waals surface area (Å²) in [6.07, 6.45) is 1.03. The fourth-order valence-corrected chi connectivity index (χ4v) is 2.39. The summed E-state index contributed by atoms with van der Waals surface area (Å²) in [6, 6.07) is 5.39. The van der Waals surface area contributed by atoms with E-state index in [-0.39, 0.29) is 12.2 Å². The van der Waals surface area contributed by atoms with Crippen LogP contribution in [0.3, 0.4) is 0 Å². The second-order valence-electron chi connectivity index (χ2n) is 4.07. The Labute approximate surface area is 115 Å². The average Bonchev–Trinajstić information content (AvgIpc) is 2.31. The zero-order valence-electron chi connectivity index (χ0n) is 9.96. The molecule has 1 aromatic rings. The zero-order chi connectivity index (χ0) is 13.1. The zero-order valence-corrected chi connectivity index (χ0v) is 12.3. The number of carbonyl (C=O) groups is 1. The van der Waals surface area contributed by atoms with Gasteiger partial charge in [0.2, 0.25) is 0 Å². The van der Waals surface area contributed by atoms with Gasteiger partial charge in [0, 0.05) is 15.9 Å². The Morgan fingerprint density at radius 1 is 1.41 bits per heavy atom. The first-order valence-corrected chi connectivity index (χ1v) is 6.79. The van der Waals surface area contributed by atoms with E-state index in [2.05, 4.69) is 15.9 Å². The topological polar surface area (TPSA) is 37.3 Å². The van der Waals surface area contributed by atoms with Crippen molar-refractivity contribution in [3.05, 3.63) is 33.3 Å². The van der Waals surface area contributed by atoms with Gasteiger partial charge >= 0.3 is 0 Å². The van der Waals surface area contributed by atoms with Gasteiger partial charge in [0.1, 0.15) is 5.60 Å². The van der Waals surface area contributed by atoms with E-state index in [4.69, 9.17) is 11.6 Å². The molecule has 1 N–H and O–H groups in total. The Morgan fingerprint density at radius 3 is 2.47 bits per heavy atom. The van der Waals surface area contributed by atoms with Crippen LogP contribution in [0.15, 0.2) is 22.7 Å². The minimum Gasteiger partial charge on any atom is -0.382 e. The Bertz CT molecular complexity index is 414. The third kappa shape index (κ3) is 3.54. The molecule has 0 aliphatic rings. The van der Waals surface area contributed by atoms with Crippen LogP contribution in [0.1, 0.15) is 32.3 Å². The van der Waals surface area contributed by atoms with E-state index in [9.17, 15) is 9.90 Å². The van der Waals surface area contributed by atoms with Crippen LogP contribution in [0.4, 0.5) is 0 Å². The second kappa shape index (κ2) is 5.98. The third-order valence-corrected chi connectivity index (χ3v) is 3.90. The van der Waals surface area contributed by atoms with Crippen molar-refractivity contribution in [2.45, 2.75) is 38.7 Å². The van der Waals surface area contributed by atoms with E-state index >= 15 is 0 Å². The maximum atomic E-state index is 12.0. The van der Waals surface area contributed by atoms with Crippen LogP contribution in [0.2, 0.25) is 5.02 Å². The molecule has 0 atom stereocenters. The van der Waals surface area contributed by atoms with Crippen LogP contribution < -0.4 is 0 Å². The largest absolute Gasteiger partial charge is 0.382 e. The Hall–Kier alpha value is -0.380. The molecular weight excluding hydrogens is 303 g/mol. The van der Waals surface area contributed by atoms with Crippen molar-refractivity contribution in [3.8, 4) is 0 Å². The van der Waals surface area contributed by atoms with Crippen molar-refractivity contribution in [2.24, 2.45) is 0 Å². The van der Waals surface area contributed by atoms with Crippen molar-refractivity contribution in [3.63, 3.8) is 0 Å². The third-order valence-electron chi connectivity index (χ3n) is 3.05. The number of halogens is 2. The number of hydrogen-bond acceptors (Lipinski definition) is 2. The van der Waals surface area contributed by atoms with Gasteiger partial charge in [-0.3, -0.25) is 4.79 Å². The molecule has 0 aliphatic heterocycles. The van der Waals surface area contributed by atoms with E-state index in [1.807, 2.05) is 19.9 Å². The van der Waals surface area contributed by atoms with Gasteiger partial charge in [-0.1, -0.05) is 47.4 Å². The first kappa shape index (κ1) is 14.7. The molecule has 0 saturated heterocycles. The van der Waals surface area contributed by atoms with Crippen LogP contribution in [-0.2, 0) is 11.2 Å². The van der Waals surface area contributed by atoms with Crippen molar-refractivity contribution in [1.29, 1.82) is 0 Å². The van der Waals surface area contributed by atoms with E-state index in [0.717, 1.165) is 10.0 Å². The van der Waals surface area contributed by atoms with Crippen molar-refractivity contribution in [2.75, 3.05) is 0 Å². The van der Waals surface area contributed by atoms with Crippen LogP contribution in [-0.4, -0.2) is 16.5 Å². The molecule has 0 aliphatic carbocycles. The summed E-state index contributed by atoms with van der Waals surface area (Å²) in [6.45, 7) is 3.62. The molecule has 0 fully saturated rings. The molecule has 0 amide bonds. The predicted octanol–water partition coefficient (Wildman–Crippen LogP) is 3.77. The minimum atomic E-state index is -1.23. The average molecular weight is 320 g/mol. The fraction of sp³-hybridized carbons (Fsp3) is 0.462. The van der Waals surface area contributed by atoms with Crippen molar-refractivity contribution >= 4 is 33.3 Å². The highest BCUT2D eigenvalue weighted by Crippen LogP contribution is 2.25. The molecule has 0 unspecified atom stereocenters. The highest BCUT2D eigenvalue weighted by Gasteiger charge is 2.31. The lowest BCUT2D eigenvalue weighted by molar-refractivity contribution is -0.137. The van der Waals surface area contributed by atoms with Crippen LogP contribution in [0.5, 0.6) is 0 Å². The normalized spacial score (nSPS) is 11.6. The monoisotopic (exact) mass is 318 g/mol. The van der Waals surface area contributed by atoms with E-state index in [1.54, 1.807) is 12.1 Å². The fourth-order valence-electron chi connectivity index (χ4n) is 1.65. The summed E-state index contributed by atoms with van der Waals surface area (Å²) in [4.78, 5) is 12.0. The number of aliphatic hydroxyl groups is 1. The molecule has 17 heavy (non-hydrogen) atoms. The van der Waals surface area contributed by atoms with Crippen LogP contribution >= 0.6 is 27.5 Å². The lowest BCUT2D eigenvalue weighted by atomic mass is 9.88. The lowest BCUT2D eigenvalue weighted by Crippen LogP contribution is -2.38. The minimum absolute atomic E-state index is 0.171. The second-order valence-corrected chi connectivity index (χ2v) is 5.40. The van der Waals surface area contributed by atoms with Gasteiger partial charge in [-0.05, 0) is 30.5 Å². The molecule has 0 bridgehead atoms. The van der Waals surface area contributed by atoms with Gasteiger partial charge in [0.05, 0.1) is 0 Å². The van der Waals surface area contributed by atoms with E-state index in [1.165, 1.54) is 0 Å². The Morgan fingerprint density at radius 2 is 2.00 bits per heavy atom. The summed E-state index contributed by atoms with van der Waals surface area (Å²) < 4.78 is 0.875. The molecule has 1 aromatic carbocycles. The number of Topliss-reactive ketones (excluding diaryl/α,β-unsaturated/α-hetero) is 1. The number of ketones is 1. The maximum Gasteiger partial charge on any atom is 0.168 e. The Kier molecular flexibility index (Phi) is 5.17. The molecule has 0 saturated carbocycles. The van der Waals surface area contributed by atoms with Gasteiger partial charge < -0.3 is 5.11 Å². The summed E-state index contributed by atoms with van der Waals surface area (Å²) in [7, 11) is 0. The maximum absolute atomic E-state index is 12.0. The smallest absolute Gasteiger partial charge is 0.168 e. The number of carbonyl (C=O) groups excluding carboxylic acids is 1. The summed E-state index contributed by atoms with van der Waals surface area (Å²) in [5.74, 6) is -0.174. The first-order valence-electron chi connectivity index (χ1n) is 5.62. The summed E-state index contributed by atoms with van der Waals surface area (Å²) in [5.41, 5.74) is -0.476. The summed E-state index contributed by atoms with van der Waals surface area (Å²) >= 11 is 9.36. The van der Waals surface area contributed by atoms with Gasteiger partial charge in [-0.2, -0.15) is 0 Å². The predicted molar refractivity (Wildman–Crippen MR) is 73.4 cm³/mol. The molecular formula is C13H16BrClO2. The Balaban J connectivity index is 2.88. The van der Waals surface area contributed by atoms with Gasteiger partial charge in [-0.25, -0.2) is 0 Å². The highest BCUT2D eigenvalue weighted by atomic mass is 79.9. The van der Waals surface area contributed by atoms with Crippen LogP contribution in [0.25, 0.3) is 0 Å². The number of hydrogen-bond donors (Lipinski definition) is 1. The molecule has 0 aromatic heterocycles. The quantitative estimate of drug-likeness (QED) is 0.897. The SMILES string of the molecule is CCC(O)(CC)C(=O)Cc1ccc(Br)cc1Cl. The highest BCUT2D eigenvalue weighted by molar-refractivity contribution is 9.10. The number of benzene rings is 1. The first-order chi connectivity index (χ1) is 7.92. The summed E-state index contributed by atoms with van der Waals surface area (Å²) in [5, 5.41) is 10.6. The molecule has 4 heteroatoms. The molecule has 0 spiro atoms. The van der Waals surface area contributed by atoms with Gasteiger partial charge in [0.25, 0.3) is 0 Å². The molecule has 2 nitrogen and oxygen atoms in total. The number of rotatable bonds is 5. The van der Waals surface area contributed by atoms with E-state index in [0.29, 0.717) is 17.9 Å². The van der Waals surface area contributed by atoms with Crippen LogP contribution in [0, 0.1) is 0 Å². The van der Waals surface area contributed by atoms with Gasteiger partial charge in [-0.15, -0.1) is 0 Å². The van der Waals surface area contributed by atoms with Crippen molar-refractivity contribution < 1.29 is 9.90 Å². The standard InChI is InChI=1S/C13H16BrClO2/c1-3-13(17,4-2)12(16)7-9-5-6-10(14)8-11(9)15/h5-6,8,17H,3-4,7H2,1-2H3. The molecule has 0 radical (unpaired) electrons. The van der Waals surface area contributed by atoms with Crippen molar-refractivity contribution in [1.82, 2.24) is 0 Å².